The maximum Gasteiger partial charge on any atom is 0.407 e. The second-order valence-corrected chi connectivity index (χ2v) is 11.3. The number of phenols is 1. The van der Waals surface area contributed by atoms with E-state index in [-0.39, 0.29) is 41.7 Å². The number of aromatic nitrogens is 2. The highest BCUT2D eigenvalue weighted by atomic mass is 16.6. The third kappa shape index (κ3) is 5.69. The molecule has 1 aromatic heterocycles. The first-order valence-electron chi connectivity index (χ1n) is 13.2. The van der Waals surface area contributed by atoms with E-state index in [9.17, 15) is 9.90 Å². The standard InChI is InChI=1S/C29H37N3O5/c1-18(29(2,3)4)36-28(34)31-21-15-23(16-21)37-26-14-20(19-8-10-22(33)11-9-19)13-25-24(26)17-30-32(25)27-7-5-6-12-35-27/h8-11,13-14,17-18,21,23,27,33H,5-7,12,15-16H2,1-4H3,(H,31,34). The highest BCUT2D eigenvalue weighted by Gasteiger charge is 2.34. The van der Waals surface area contributed by atoms with Gasteiger partial charge >= 0.3 is 6.09 Å². The SMILES string of the molecule is CC(OC(=O)NC1CC(Oc2cc(-c3ccc(O)cc3)cc3c2cnn3C2CCCCO2)C1)C(C)(C)C. The normalized spacial score (nSPS) is 22.8. The fraction of sp³-hybridized carbons (Fsp3) is 0.517. The van der Waals surface area contributed by atoms with Crippen molar-refractivity contribution < 1.29 is 24.1 Å². The third-order valence-corrected chi connectivity index (χ3v) is 7.52. The van der Waals surface area contributed by atoms with Crippen LogP contribution in [0.1, 0.15) is 66.0 Å². The Bertz CT molecular complexity index is 1230. The topological polar surface area (TPSA) is 94.8 Å². The van der Waals surface area contributed by atoms with Crippen LogP contribution >= 0.6 is 0 Å². The first-order chi connectivity index (χ1) is 17.7. The van der Waals surface area contributed by atoms with E-state index in [1.807, 2.05) is 56.8 Å². The molecule has 37 heavy (non-hydrogen) atoms. The number of phenolic OH excluding ortho intramolecular Hbond substituents is 1. The number of fused-ring (bicyclic) bond motifs is 1. The maximum atomic E-state index is 12.3. The molecule has 1 saturated carbocycles. The molecule has 1 saturated heterocycles. The number of nitrogens with one attached hydrogen (secondary N) is 1. The largest absolute Gasteiger partial charge is 0.508 e. The van der Waals surface area contributed by atoms with Gasteiger partial charge in [-0.3, -0.25) is 0 Å². The zero-order chi connectivity index (χ0) is 26.2. The fourth-order valence-electron chi connectivity index (χ4n) is 4.67. The Morgan fingerprint density at radius 2 is 1.92 bits per heavy atom. The third-order valence-electron chi connectivity index (χ3n) is 7.52. The number of carbonyl (C=O) groups is 1. The first-order valence-corrected chi connectivity index (χ1v) is 13.2. The maximum absolute atomic E-state index is 12.3. The number of aromatic hydroxyl groups is 1. The molecule has 2 aliphatic rings. The summed E-state index contributed by atoms with van der Waals surface area (Å²) in [5.74, 6) is 0.986. The highest BCUT2D eigenvalue weighted by molar-refractivity contribution is 5.90. The summed E-state index contributed by atoms with van der Waals surface area (Å²) in [6.45, 7) is 8.80. The van der Waals surface area contributed by atoms with Gasteiger partial charge in [-0.25, -0.2) is 9.48 Å². The fourth-order valence-corrected chi connectivity index (χ4v) is 4.67. The number of hydrogen-bond acceptors (Lipinski definition) is 6. The van der Waals surface area contributed by atoms with E-state index in [4.69, 9.17) is 14.2 Å². The number of carbonyl (C=O) groups excluding carboxylic acids is 1. The van der Waals surface area contributed by atoms with Gasteiger partial charge in [0.15, 0.2) is 6.23 Å². The lowest BCUT2D eigenvalue weighted by atomic mass is 9.89. The van der Waals surface area contributed by atoms with Gasteiger partial charge < -0.3 is 24.6 Å². The van der Waals surface area contributed by atoms with E-state index in [0.717, 1.165) is 53.6 Å². The average molecular weight is 508 g/mol. The van der Waals surface area contributed by atoms with Crippen molar-refractivity contribution >= 4 is 17.0 Å². The van der Waals surface area contributed by atoms with Crippen LogP contribution < -0.4 is 10.1 Å². The quantitative estimate of drug-likeness (QED) is 0.414. The van der Waals surface area contributed by atoms with Gasteiger partial charge in [-0.15, -0.1) is 0 Å². The zero-order valence-corrected chi connectivity index (χ0v) is 22.1. The van der Waals surface area contributed by atoms with E-state index in [1.165, 1.54) is 0 Å². The van der Waals surface area contributed by atoms with Gasteiger partial charge in [-0.05, 0) is 67.0 Å². The molecule has 3 aromatic rings. The summed E-state index contributed by atoms with van der Waals surface area (Å²) in [4.78, 5) is 12.3. The minimum atomic E-state index is -0.378. The lowest BCUT2D eigenvalue weighted by molar-refractivity contribution is -0.0366. The van der Waals surface area contributed by atoms with E-state index in [0.29, 0.717) is 12.8 Å². The van der Waals surface area contributed by atoms with Gasteiger partial charge in [0.05, 0.1) is 17.1 Å². The van der Waals surface area contributed by atoms with Gasteiger partial charge in [0.1, 0.15) is 23.7 Å². The van der Waals surface area contributed by atoms with E-state index in [1.54, 1.807) is 12.1 Å². The molecule has 2 atom stereocenters. The van der Waals surface area contributed by atoms with Gasteiger partial charge in [0.25, 0.3) is 0 Å². The van der Waals surface area contributed by atoms with Crippen LogP contribution in [0.2, 0.25) is 0 Å². The van der Waals surface area contributed by atoms with Gasteiger partial charge in [-0.1, -0.05) is 32.9 Å². The average Bonchev–Trinajstić information content (AvgIpc) is 3.27. The molecular weight excluding hydrogens is 470 g/mol. The Labute approximate surface area is 217 Å². The molecule has 0 bridgehead atoms. The minimum Gasteiger partial charge on any atom is -0.508 e. The van der Waals surface area contributed by atoms with Gasteiger partial charge in [-0.2, -0.15) is 5.10 Å². The summed E-state index contributed by atoms with van der Waals surface area (Å²) in [7, 11) is 0. The number of ether oxygens (including phenoxy) is 3. The predicted octanol–water partition coefficient (Wildman–Crippen LogP) is 6.18. The van der Waals surface area contributed by atoms with E-state index >= 15 is 0 Å². The van der Waals surface area contributed by atoms with Crippen LogP contribution in [0.15, 0.2) is 42.6 Å². The lowest BCUT2D eigenvalue weighted by Gasteiger charge is -2.36. The Balaban J connectivity index is 1.33. The molecule has 8 nitrogen and oxygen atoms in total. The van der Waals surface area contributed by atoms with Crippen molar-refractivity contribution in [2.45, 2.75) is 84.3 Å². The summed E-state index contributed by atoms with van der Waals surface area (Å²) in [6, 6.07) is 11.3. The number of amides is 1. The molecule has 1 aliphatic carbocycles. The monoisotopic (exact) mass is 507 g/mol. The smallest absolute Gasteiger partial charge is 0.407 e. The number of rotatable bonds is 6. The molecular formula is C29H37N3O5. The van der Waals surface area contributed by atoms with Crippen LogP contribution in [0.4, 0.5) is 4.79 Å². The van der Waals surface area contributed by atoms with Crippen molar-refractivity contribution in [3.63, 3.8) is 0 Å². The van der Waals surface area contributed by atoms with E-state index < -0.39 is 0 Å². The van der Waals surface area contributed by atoms with Crippen LogP contribution in [0, 0.1) is 5.41 Å². The van der Waals surface area contributed by atoms with Crippen LogP contribution in [-0.2, 0) is 9.47 Å². The molecule has 5 rings (SSSR count). The predicted molar refractivity (Wildman–Crippen MR) is 142 cm³/mol. The van der Waals surface area contributed by atoms with Crippen molar-refractivity contribution in [1.82, 2.24) is 15.1 Å². The summed E-state index contributed by atoms with van der Waals surface area (Å²) in [6.07, 6.45) is 5.72. The molecule has 1 aliphatic heterocycles. The Kier molecular flexibility index (Phi) is 7.03. The van der Waals surface area contributed by atoms with Crippen molar-refractivity contribution in [1.29, 1.82) is 0 Å². The zero-order valence-electron chi connectivity index (χ0n) is 22.1. The second-order valence-electron chi connectivity index (χ2n) is 11.3. The summed E-state index contributed by atoms with van der Waals surface area (Å²) < 4.78 is 20.0. The molecule has 8 heteroatoms. The molecule has 2 aromatic carbocycles. The minimum absolute atomic E-state index is 0.0158. The number of alkyl carbamates (subject to hydrolysis) is 1. The summed E-state index contributed by atoms with van der Waals surface area (Å²) in [5.41, 5.74) is 2.81. The van der Waals surface area contributed by atoms with Crippen LogP contribution in [0.3, 0.4) is 0 Å². The number of benzene rings is 2. The second kappa shape index (κ2) is 10.2. The van der Waals surface area contributed by atoms with Crippen molar-refractivity contribution in [3.05, 3.63) is 42.6 Å². The van der Waals surface area contributed by atoms with Crippen LogP contribution in [-0.4, -0.2) is 45.8 Å². The molecule has 2 heterocycles. The van der Waals surface area contributed by atoms with Crippen molar-refractivity contribution in [3.8, 4) is 22.6 Å². The first kappa shape index (κ1) is 25.4. The Morgan fingerprint density at radius 3 is 2.59 bits per heavy atom. The van der Waals surface area contributed by atoms with Crippen molar-refractivity contribution in [2.75, 3.05) is 6.61 Å². The Morgan fingerprint density at radius 1 is 1.16 bits per heavy atom. The molecule has 0 radical (unpaired) electrons. The summed E-state index contributed by atoms with van der Waals surface area (Å²) in [5, 5.41) is 18.3. The van der Waals surface area contributed by atoms with Crippen LogP contribution in [0.5, 0.6) is 11.5 Å². The summed E-state index contributed by atoms with van der Waals surface area (Å²) >= 11 is 0. The lowest BCUT2D eigenvalue weighted by Crippen LogP contribution is -2.50. The molecule has 198 valence electrons. The molecule has 1 amide bonds. The molecule has 2 fully saturated rings. The van der Waals surface area contributed by atoms with Crippen molar-refractivity contribution in [2.24, 2.45) is 5.41 Å². The number of hydrogen-bond donors (Lipinski definition) is 2. The van der Waals surface area contributed by atoms with Crippen LogP contribution in [0.25, 0.3) is 22.0 Å². The molecule has 0 spiro atoms. The van der Waals surface area contributed by atoms with Gasteiger partial charge in [0.2, 0.25) is 0 Å². The highest BCUT2D eigenvalue weighted by Crippen LogP contribution is 2.38. The molecule has 2 N–H and O–H groups in total. The Hall–Kier alpha value is -3.26. The number of nitrogens with zero attached hydrogens (tertiary/aromatic N) is 2. The molecule has 2 unspecified atom stereocenters. The van der Waals surface area contributed by atoms with E-state index in [2.05, 4.69) is 16.5 Å². The van der Waals surface area contributed by atoms with Gasteiger partial charge in [0, 0.05) is 25.5 Å².